The van der Waals surface area contributed by atoms with Gasteiger partial charge in [0.05, 0.1) is 10.5 Å². The van der Waals surface area contributed by atoms with Crippen molar-refractivity contribution in [2.75, 3.05) is 0 Å². The first kappa shape index (κ1) is 19.1. The van der Waals surface area contributed by atoms with Crippen LogP contribution in [0.1, 0.15) is 47.1 Å². The Kier molecular flexibility index (Phi) is 5.40. The van der Waals surface area contributed by atoms with Crippen molar-refractivity contribution in [1.82, 2.24) is 10.4 Å². The molecule has 7 nitrogen and oxygen atoms in total. The van der Waals surface area contributed by atoms with Crippen LogP contribution in [0.5, 0.6) is 0 Å². The van der Waals surface area contributed by atoms with E-state index in [2.05, 4.69) is 5.43 Å². The summed E-state index contributed by atoms with van der Waals surface area (Å²) in [6.07, 6.45) is 0. The fourth-order valence-corrected chi connectivity index (χ4v) is 2.39. The maximum atomic E-state index is 12.8. The van der Waals surface area contributed by atoms with Gasteiger partial charge in [-0.05, 0) is 51.5 Å². The van der Waals surface area contributed by atoms with Crippen LogP contribution in [-0.4, -0.2) is 27.3 Å². The first-order valence-corrected chi connectivity index (χ1v) is 8.07. The molecular weight excluding hydrogens is 334 g/mol. The monoisotopic (exact) mass is 355 g/mol. The number of nitrogens with one attached hydrogen (secondary N) is 1. The molecule has 0 saturated heterocycles. The summed E-state index contributed by atoms with van der Waals surface area (Å²) in [5, 5.41) is 12.4. The second-order valence-corrected chi connectivity index (χ2v) is 6.90. The third-order valence-corrected chi connectivity index (χ3v) is 3.70. The largest absolute Gasteiger partial charge is 0.282 e. The number of benzene rings is 2. The van der Waals surface area contributed by atoms with Gasteiger partial charge in [-0.15, -0.1) is 0 Å². The Morgan fingerprint density at radius 2 is 1.69 bits per heavy atom. The topological polar surface area (TPSA) is 92.5 Å². The van der Waals surface area contributed by atoms with Gasteiger partial charge in [0.25, 0.3) is 17.5 Å². The van der Waals surface area contributed by atoms with Gasteiger partial charge in [0.2, 0.25) is 0 Å². The maximum absolute atomic E-state index is 12.8. The van der Waals surface area contributed by atoms with E-state index in [-0.39, 0.29) is 11.3 Å². The molecule has 2 amide bonds. The van der Waals surface area contributed by atoms with E-state index < -0.39 is 22.3 Å². The number of nitro benzene ring substituents is 1. The molecular formula is C19H21N3O4. The van der Waals surface area contributed by atoms with Crippen LogP contribution in [0, 0.1) is 17.0 Å². The van der Waals surface area contributed by atoms with Gasteiger partial charge >= 0.3 is 0 Å². The summed E-state index contributed by atoms with van der Waals surface area (Å²) in [5.74, 6) is -1.11. The van der Waals surface area contributed by atoms with Crippen LogP contribution in [0.25, 0.3) is 0 Å². The molecule has 0 radical (unpaired) electrons. The number of carbonyl (C=O) groups excluding carboxylic acids is 2. The van der Waals surface area contributed by atoms with E-state index in [1.165, 1.54) is 17.1 Å². The number of hydrogen-bond acceptors (Lipinski definition) is 4. The smallest absolute Gasteiger partial charge is 0.267 e. The molecule has 0 aliphatic rings. The van der Waals surface area contributed by atoms with E-state index in [0.29, 0.717) is 11.1 Å². The molecule has 0 spiro atoms. The molecule has 0 bridgehead atoms. The minimum absolute atomic E-state index is 0.0925. The van der Waals surface area contributed by atoms with Gasteiger partial charge in [0.1, 0.15) is 5.56 Å². The summed E-state index contributed by atoms with van der Waals surface area (Å²) >= 11 is 0. The summed E-state index contributed by atoms with van der Waals surface area (Å²) in [7, 11) is 0. The second kappa shape index (κ2) is 7.35. The van der Waals surface area contributed by atoms with Crippen molar-refractivity contribution < 1.29 is 14.5 Å². The van der Waals surface area contributed by atoms with Gasteiger partial charge in [-0.3, -0.25) is 25.1 Å². The SMILES string of the molecule is Cc1ccc([N+](=O)[O-])c(C(=O)NN(C(=O)c2ccccc2)C(C)(C)C)c1. The lowest BCUT2D eigenvalue weighted by atomic mass is 10.1. The summed E-state index contributed by atoms with van der Waals surface area (Å²) in [4.78, 5) is 36.1. The molecule has 0 unspecified atom stereocenters. The van der Waals surface area contributed by atoms with Gasteiger partial charge in [-0.1, -0.05) is 24.3 Å². The van der Waals surface area contributed by atoms with E-state index in [4.69, 9.17) is 0 Å². The zero-order chi connectivity index (χ0) is 19.5. The van der Waals surface area contributed by atoms with Gasteiger partial charge in [0.15, 0.2) is 0 Å². The number of nitro groups is 1. The molecule has 2 aromatic carbocycles. The molecule has 136 valence electrons. The Bertz CT molecular complexity index is 842. The van der Waals surface area contributed by atoms with Crippen LogP contribution >= 0.6 is 0 Å². The van der Waals surface area contributed by atoms with E-state index in [9.17, 15) is 19.7 Å². The summed E-state index contributed by atoms with van der Waals surface area (Å²) in [6.45, 7) is 7.02. The van der Waals surface area contributed by atoms with Crippen molar-refractivity contribution in [2.45, 2.75) is 33.2 Å². The number of hydrogen-bond donors (Lipinski definition) is 1. The number of carbonyl (C=O) groups is 2. The van der Waals surface area contributed by atoms with Crippen molar-refractivity contribution in [3.8, 4) is 0 Å². The minimum atomic E-state index is -0.735. The molecule has 0 aliphatic heterocycles. The van der Waals surface area contributed by atoms with Crippen molar-refractivity contribution in [3.63, 3.8) is 0 Å². The molecule has 26 heavy (non-hydrogen) atoms. The summed E-state index contributed by atoms with van der Waals surface area (Å²) in [5.41, 5.74) is 2.51. The minimum Gasteiger partial charge on any atom is -0.267 e. The van der Waals surface area contributed by atoms with Crippen molar-refractivity contribution in [2.24, 2.45) is 0 Å². The lowest BCUT2D eigenvalue weighted by molar-refractivity contribution is -0.385. The zero-order valence-electron chi connectivity index (χ0n) is 15.1. The van der Waals surface area contributed by atoms with Crippen LogP contribution in [0.2, 0.25) is 0 Å². The number of nitrogens with zero attached hydrogens (tertiary/aromatic N) is 2. The molecule has 2 rings (SSSR count). The highest BCUT2D eigenvalue weighted by atomic mass is 16.6. The van der Waals surface area contributed by atoms with Crippen LogP contribution < -0.4 is 5.43 Å². The third kappa shape index (κ3) is 4.24. The van der Waals surface area contributed by atoms with E-state index in [1.807, 2.05) is 0 Å². The Balaban J connectivity index is 2.39. The number of aryl methyl sites for hydroxylation is 1. The fraction of sp³-hybridized carbons (Fsp3) is 0.263. The number of hydrazine groups is 1. The zero-order valence-corrected chi connectivity index (χ0v) is 15.1. The Morgan fingerprint density at radius 3 is 2.23 bits per heavy atom. The highest BCUT2D eigenvalue weighted by molar-refractivity contribution is 6.01. The Morgan fingerprint density at radius 1 is 1.08 bits per heavy atom. The second-order valence-electron chi connectivity index (χ2n) is 6.90. The Hall–Kier alpha value is -3.22. The molecule has 2 aromatic rings. The van der Waals surface area contributed by atoms with Gasteiger partial charge in [0, 0.05) is 11.6 Å². The first-order valence-electron chi connectivity index (χ1n) is 8.07. The van der Waals surface area contributed by atoms with Crippen molar-refractivity contribution in [3.05, 3.63) is 75.3 Å². The predicted octanol–water partition coefficient (Wildman–Crippen LogP) is 3.49. The molecule has 0 fully saturated rings. The Labute approximate surface area is 151 Å². The fourth-order valence-electron chi connectivity index (χ4n) is 2.39. The molecule has 0 aliphatic carbocycles. The first-order chi connectivity index (χ1) is 12.1. The third-order valence-electron chi connectivity index (χ3n) is 3.70. The van der Waals surface area contributed by atoms with Gasteiger partial charge in [-0.2, -0.15) is 0 Å². The lowest BCUT2D eigenvalue weighted by Crippen LogP contribution is -2.55. The van der Waals surface area contributed by atoms with E-state index >= 15 is 0 Å². The van der Waals surface area contributed by atoms with Crippen LogP contribution in [0.3, 0.4) is 0 Å². The van der Waals surface area contributed by atoms with E-state index in [1.54, 1.807) is 64.1 Å². The molecule has 0 heterocycles. The lowest BCUT2D eigenvalue weighted by Gasteiger charge is -2.35. The average Bonchev–Trinajstić information content (AvgIpc) is 2.58. The molecule has 0 aromatic heterocycles. The number of rotatable bonds is 3. The summed E-state index contributed by atoms with van der Waals surface area (Å²) in [6, 6.07) is 12.8. The average molecular weight is 355 g/mol. The molecule has 0 saturated carbocycles. The van der Waals surface area contributed by atoms with Crippen LogP contribution in [0.15, 0.2) is 48.5 Å². The van der Waals surface area contributed by atoms with Gasteiger partial charge < -0.3 is 0 Å². The van der Waals surface area contributed by atoms with Crippen molar-refractivity contribution >= 4 is 17.5 Å². The standard InChI is InChI=1S/C19H21N3O4/c1-13-10-11-16(22(25)26)15(12-13)17(23)20-21(19(2,3)4)18(24)14-8-6-5-7-9-14/h5-12H,1-4H3,(H,20,23). The molecule has 1 N–H and O–H groups in total. The van der Waals surface area contributed by atoms with Crippen LogP contribution in [-0.2, 0) is 0 Å². The maximum Gasteiger partial charge on any atom is 0.282 e. The summed E-state index contributed by atoms with van der Waals surface area (Å²) < 4.78 is 0. The molecule has 7 heteroatoms. The molecule has 0 atom stereocenters. The van der Waals surface area contributed by atoms with E-state index in [0.717, 1.165) is 0 Å². The van der Waals surface area contributed by atoms with Gasteiger partial charge in [-0.25, -0.2) is 5.01 Å². The normalized spacial score (nSPS) is 10.9. The number of amides is 2. The predicted molar refractivity (Wildman–Crippen MR) is 97.7 cm³/mol. The van der Waals surface area contributed by atoms with Crippen molar-refractivity contribution in [1.29, 1.82) is 0 Å². The van der Waals surface area contributed by atoms with Crippen LogP contribution in [0.4, 0.5) is 5.69 Å². The highest BCUT2D eigenvalue weighted by Gasteiger charge is 2.31. The highest BCUT2D eigenvalue weighted by Crippen LogP contribution is 2.21. The quantitative estimate of drug-likeness (QED) is 0.674.